The molecule has 19 heavy (non-hydrogen) atoms. The van der Waals surface area contributed by atoms with Gasteiger partial charge in [0.2, 0.25) is 5.91 Å². The van der Waals surface area contributed by atoms with Crippen LogP contribution in [0.2, 0.25) is 0 Å². The number of rotatable bonds is 0. The minimum atomic E-state index is 0.201. The highest BCUT2D eigenvalue weighted by Crippen LogP contribution is 1.91. The number of amides is 1. The highest BCUT2D eigenvalue weighted by atomic mass is 16.2. The van der Waals surface area contributed by atoms with E-state index in [1.807, 2.05) is 20.9 Å². The molecule has 2 heterocycles. The molecular formula is C14H32N4O. The maximum absolute atomic E-state index is 10.9. The van der Waals surface area contributed by atoms with Crippen molar-refractivity contribution in [3.8, 4) is 0 Å². The summed E-state index contributed by atoms with van der Waals surface area (Å²) < 4.78 is 0. The lowest BCUT2D eigenvalue weighted by Crippen LogP contribution is -2.31. The number of carbonyl (C=O) groups is 1. The van der Waals surface area contributed by atoms with Gasteiger partial charge in [-0.1, -0.05) is 13.8 Å². The van der Waals surface area contributed by atoms with E-state index in [1.165, 1.54) is 26.1 Å². The third kappa shape index (κ3) is 9.87. The van der Waals surface area contributed by atoms with Crippen molar-refractivity contribution in [2.24, 2.45) is 0 Å². The van der Waals surface area contributed by atoms with Crippen LogP contribution in [0, 0.1) is 0 Å². The second kappa shape index (κ2) is 12.4. The van der Waals surface area contributed by atoms with Gasteiger partial charge in [-0.15, -0.1) is 0 Å². The fourth-order valence-electron chi connectivity index (χ4n) is 1.88. The second-order valence-electron chi connectivity index (χ2n) is 4.75. The molecule has 0 unspecified atom stereocenters. The molecule has 1 amide bonds. The summed E-state index contributed by atoms with van der Waals surface area (Å²) in [5, 5.41) is 6.37. The predicted octanol–water partition coefficient (Wildman–Crippen LogP) is 0.376. The van der Waals surface area contributed by atoms with Gasteiger partial charge < -0.3 is 20.4 Å². The minimum Gasteiger partial charge on any atom is -0.345 e. The Labute approximate surface area is 118 Å². The molecule has 0 atom stereocenters. The predicted molar refractivity (Wildman–Crippen MR) is 81.5 cm³/mol. The van der Waals surface area contributed by atoms with Crippen LogP contribution in [-0.2, 0) is 4.79 Å². The Morgan fingerprint density at radius 2 is 1.53 bits per heavy atom. The summed E-state index contributed by atoms with van der Waals surface area (Å²) in [5.74, 6) is 0.201. The summed E-state index contributed by atoms with van der Waals surface area (Å²) in [7, 11) is 4.02. The topological polar surface area (TPSA) is 47.6 Å². The smallest absolute Gasteiger partial charge is 0.236 e. The molecular weight excluding hydrogens is 240 g/mol. The average Bonchev–Trinajstić information content (AvgIpc) is 2.77. The maximum Gasteiger partial charge on any atom is 0.236 e. The van der Waals surface area contributed by atoms with E-state index in [4.69, 9.17) is 0 Å². The van der Waals surface area contributed by atoms with Gasteiger partial charge in [0.05, 0.1) is 6.54 Å². The molecule has 2 aliphatic rings. The highest BCUT2D eigenvalue weighted by molar-refractivity contribution is 5.78. The summed E-state index contributed by atoms with van der Waals surface area (Å²) in [6.07, 6.45) is 2.37. The number of hydrogen-bond donors (Lipinski definition) is 2. The Hall–Kier alpha value is -0.650. The Morgan fingerprint density at radius 1 is 0.895 bits per heavy atom. The van der Waals surface area contributed by atoms with Crippen molar-refractivity contribution < 1.29 is 4.79 Å². The van der Waals surface area contributed by atoms with Crippen LogP contribution in [0.4, 0.5) is 0 Å². The van der Waals surface area contributed by atoms with Crippen LogP contribution in [0.25, 0.3) is 0 Å². The zero-order valence-corrected chi connectivity index (χ0v) is 13.2. The van der Waals surface area contributed by atoms with Crippen molar-refractivity contribution in [3.05, 3.63) is 0 Å². The van der Waals surface area contributed by atoms with E-state index in [9.17, 15) is 4.79 Å². The van der Waals surface area contributed by atoms with Crippen molar-refractivity contribution in [1.82, 2.24) is 20.4 Å². The van der Waals surface area contributed by atoms with Gasteiger partial charge in [-0.05, 0) is 39.5 Å². The number of hydrogen-bond acceptors (Lipinski definition) is 4. The fourth-order valence-corrected chi connectivity index (χ4v) is 1.88. The van der Waals surface area contributed by atoms with Crippen LogP contribution in [0.15, 0.2) is 0 Å². The largest absolute Gasteiger partial charge is 0.345 e. The SMILES string of the molecule is CC.CN1CCCNCC1.CN1CCCNCC1=O. The van der Waals surface area contributed by atoms with Crippen molar-refractivity contribution in [1.29, 1.82) is 0 Å². The Balaban J connectivity index is 0.000000303. The van der Waals surface area contributed by atoms with Crippen LogP contribution in [-0.4, -0.2) is 75.6 Å². The van der Waals surface area contributed by atoms with Gasteiger partial charge in [-0.3, -0.25) is 4.79 Å². The molecule has 2 rings (SSSR count). The van der Waals surface area contributed by atoms with E-state index in [-0.39, 0.29) is 5.91 Å². The third-order valence-corrected chi connectivity index (χ3v) is 3.11. The molecule has 5 heteroatoms. The molecule has 0 aromatic carbocycles. The molecule has 2 aliphatic heterocycles. The molecule has 2 N–H and O–H groups in total. The summed E-state index contributed by atoms with van der Waals surface area (Å²) in [6, 6.07) is 0. The van der Waals surface area contributed by atoms with Crippen molar-refractivity contribution in [2.75, 3.05) is 59.9 Å². The molecule has 2 saturated heterocycles. The van der Waals surface area contributed by atoms with Crippen LogP contribution >= 0.6 is 0 Å². The second-order valence-corrected chi connectivity index (χ2v) is 4.75. The lowest BCUT2D eigenvalue weighted by Gasteiger charge is -2.11. The van der Waals surface area contributed by atoms with E-state index in [2.05, 4.69) is 22.6 Å². The normalized spacial score (nSPS) is 21.3. The van der Waals surface area contributed by atoms with Gasteiger partial charge in [0, 0.05) is 26.7 Å². The lowest BCUT2D eigenvalue weighted by molar-refractivity contribution is -0.128. The molecule has 0 radical (unpaired) electrons. The van der Waals surface area contributed by atoms with Crippen LogP contribution in [0.5, 0.6) is 0 Å². The van der Waals surface area contributed by atoms with Crippen molar-refractivity contribution in [3.63, 3.8) is 0 Å². The van der Waals surface area contributed by atoms with E-state index >= 15 is 0 Å². The Bertz CT molecular complexity index is 215. The van der Waals surface area contributed by atoms with Crippen molar-refractivity contribution in [2.45, 2.75) is 26.7 Å². The fraction of sp³-hybridized carbons (Fsp3) is 0.929. The minimum absolute atomic E-state index is 0.201. The number of nitrogens with zero attached hydrogens (tertiary/aromatic N) is 2. The first-order chi connectivity index (χ1) is 9.20. The molecule has 2 fully saturated rings. The Morgan fingerprint density at radius 3 is 2.26 bits per heavy atom. The average molecular weight is 272 g/mol. The van der Waals surface area contributed by atoms with E-state index in [0.717, 1.165) is 26.1 Å². The van der Waals surface area contributed by atoms with Crippen LogP contribution in [0.1, 0.15) is 26.7 Å². The zero-order chi connectivity index (χ0) is 14.5. The number of likely N-dealkylation sites (N-methyl/N-ethyl adjacent to an activating group) is 2. The first-order valence-corrected chi connectivity index (χ1v) is 7.54. The molecule has 0 saturated carbocycles. The summed E-state index contributed by atoms with van der Waals surface area (Å²) in [5.41, 5.74) is 0. The van der Waals surface area contributed by atoms with Crippen LogP contribution < -0.4 is 10.6 Å². The standard InChI is InChI=1S/C6H12N2O.C6H14N2.C2H6/c1-8-4-2-3-7-5-6(8)9;1-8-5-2-3-7-4-6-8;1-2/h7H,2-5H2,1H3;7H,2-6H2,1H3;1-2H3. The van der Waals surface area contributed by atoms with E-state index in [1.54, 1.807) is 4.90 Å². The van der Waals surface area contributed by atoms with Gasteiger partial charge in [-0.25, -0.2) is 0 Å². The summed E-state index contributed by atoms with van der Waals surface area (Å²) >= 11 is 0. The maximum atomic E-state index is 10.9. The molecule has 0 aromatic rings. The first kappa shape index (κ1) is 18.4. The quantitative estimate of drug-likeness (QED) is 0.669. The number of carbonyl (C=O) groups excluding carboxylic acids is 1. The highest BCUT2D eigenvalue weighted by Gasteiger charge is 2.10. The molecule has 0 aliphatic carbocycles. The third-order valence-electron chi connectivity index (χ3n) is 3.11. The Kier molecular flexibility index (Phi) is 12.0. The van der Waals surface area contributed by atoms with Gasteiger partial charge in [0.1, 0.15) is 0 Å². The van der Waals surface area contributed by atoms with Gasteiger partial charge >= 0.3 is 0 Å². The molecule has 114 valence electrons. The summed E-state index contributed by atoms with van der Waals surface area (Å²) in [4.78, 5) is 15.0. The van der Waals surface area contributed by atoms with E-state index < -0.39 is 0 Å². The zero-order valence-electron chi connectivity index (χ0n) is 13.2. The lowest BCUT2D eigenvalue weighted by atomic mass is 10.4. The van der Waals surface area contributed by atoms with Crippen molar-refractivity contribution >= 4 is 5.91 Å². The number of nitrogens with one attached hydrogen (secondary N) is 2. The molecule has 0 spiro atoms. The first-order valence-electron chi connectivity index (χ1n) is 7.54. The monoisotopic (exact) mass is 272 g/mol. The van der Waals surface area contributed by atoms with Gasteiger partial charge in [0.25, 0.3) is 0 Å². The van der Waals surface area contributed by atoms with E-state index in [0.29, 0.717) is 6.54 Å². The van der Waals surface area contributed by atoms with Crippen LogP contribution in [0.3, 0.4) is 0 Å². The van der Waals surface area contributed by atoms with Gasteiger partial charge in [-0.2, -0.15) is 0 Å². The molecule has 0 aromatic heterocycles. The molecule has 0 bridgehead atoms. The summed E-state index contributed by atoms with van der Waals surface area (Å²) in [6.45, 7) is 11.2. The van der Waals surface area contributed by atoms with Gasteiger partial charge in [0.15, 0.2) is 0 Å². The molecule has 5 nitrogen and oxygen atoms in total.